The number of nitrogens with one attached hydrogen (secondary N) is 1. The van der Waals surface area contributed by atoms with Gasteiger partial charge >= 0.3 is 5.69 Å². The van der Waals surface area contributed by atoms with Crippen molar-refractivity contribution in [1.29, 1.82) is 0 Å². The molecule has 4 aromatic rings. The summed E-state index contributed by atoms with van der Waals surface area (Å²) in [6.45, 7) is 0. The molecule has 5 atom stereocenters. The van der Waals surface area contributed by atoms with Crippen molar-refractivity contribution in [2.24, 2.45) is 0 Å². The fraction of sp³-hybridized carbons (Fsp3) is 0.333. The molecule has 0 saturated carbocycles. The van der Waals surface area contributed by atoms with Crippen molar-refractivity contribution in [3.63, 3.8) is 0 Å². The SMILES string of the molecule is COc1ccc(C(O[C@H]2[C@@H](OC)[C@H](n3ccc(=O)[nH]c3=O)O[C@@H]2CSP(=O)(Cl)N(C)C)(c2ccccc2)c2ccc(OC)cc2)cc1. The normalized spacial score (nSPS) is 21.0. The topological polar surface area (TPSA) is 121 Å². The predicted molar refractivity (Wildman–Crippen MR) is 183 cm³/mol. The maximum atomic E-state index is 13.2. The van der Waals surface area contributed by atoms with Gasteiger partial charge in [0, 0.05) is 25.1 Å². The number of hydrogen-bond donors (Lipinski definition) is 1. The first kappa shape index (κ1) is 35.0. The van der Waals surface area contributed by atoms with E-state index in [0.717, 1.165) is 28.1 Å². The molecule has 0 aliphatic carbocycles. The highest BCUT2D eigenvalue weighted by Crippen LogP contribution is 2.65. The van der Waals surface area contributed by atoms with Gasteiger partial charge in [-0.2, -0.15) is 0 Å². The first-order chi connectivity index (χ1) is 22.5. The average molecular weight is 702 g/mol. The quantitative estimate of drug-likeness (QED) is 0.142. The van der Waals surface area contributed by atoms with Crippen LogP contribution in [0.15, 0.2) is 101 Å². The van der Waals surface area contributed by atoms with Crippen LogP contribution in [0.4, 0.5) is 0 Å². The lowest BCUT2D eigenvalue weighted by molar-refractivity contribution is -0.110. The summed E-state index contributed by atoms with van der Waals surface area (Å²) in [5, 5.41) is 0. The second kappa shape index (κ2) is 14.8. The number of aromatic nitrogens is 2. The van der Waals surface area contributed by atoms with Crippen molar-refractivity contribution in [3.8, 4) is 11.5 Å². The Morgan fingerprint density at radius 2 is 1.43 bits per heavy atom. The Labute approximate surface area is 281 Å². The number of methoxy groups -OCH3 is 3. The van der Waals surface area contributed by atoms with Gasteiger partial charge in [0.25, 0.3) is 11.4 Å². The molecule has 0 bridgehead atoms. The molecule has 0 radical (unpaired) electrons. The third kappa shape index (κ3) is 7.24. The summed E-state index contributed by atoms with van der Waals surface area (Å²) in [5.41, 5.74) is -0.127. The van der Waals surface area contributed by atoms with Gasteiger partial charge in [-0.3, -0.25) is 18.9 Å². The van der Waals surface area contributed by atoms with E-state index in [1.165, 1.54) is 28.6 Å². The van der Waals surface area contributed by atoms with Gasteiger partial charge in [-0.1, -0.05) is 66.0 Å². The van der Waals surface area contributed by atoms with Crippen LogP contribution in [-0.4, -0.2) is 73.7 Å². The Kier molecular flexibility index (Phi) is 11.0. The minimum atomic E-state index is -3.32. The van der Waals surface area contributed by atoms with Gasteiger partial charge in [-0.15, -0.1) is 0 Å². The number of hydrogen-bond acceptors (Lipinski definition) is 9. The molecule has 2 heterocycles. The van der Waals surface area contributed by atoms with Crippen molar-refractivity contribution < 1.29 is 28.2 Å². The van der Waals surface area contributed by atoms with E-state index >= 15 is 0 Å². The van der Waals surface area contributed by atoms with Crippen molar-refractivity contribution in [1.82, 2.24) is 14.2 Å². The summed E-state index contributed by atoms with van der Waals surface area (Å²) in [5.74, 6) is -1.86. The summed E-state index contributed by atoms with van der Waals surface area (Å²) in [6.07, 6.45) is -2.15. The average Bonchev–Trinajstić information content (AvgIpc) is 3.43. The lowest BCUT2D eigenvalue weighted by Crippen LogP contribution is -2.46. The molecule has 1 unspecified atom stereocenters. The molecule has 0 amide bonds. The van der Waals surface area contributed by atoms with Crippen LogP contribution < -0.4 is 20.7 Å². The first-order valence-corrected chi connectivity index (χ1v) is 18.8. The monoisotopic (exact) mass is 701 g/mol. The number of halogens is 1. The molecule has 47 heavy (non-hydrogen) atoms. The molecular weight excluding hydrogens is 665 g/mol. The molecule has 3 aromatic carbocycles. The van der Waals surface area contributed by atoms with Gasteiger partial charge < -0.3 is 23.7 Å². The molecule has 1 aliphatic rings. The van der Waals surface area contributed by atoms with Crippen LogP contribution in [0.5, 0.6) is 11.5 Å². The maximum Gasteiger partial charge on any atom is 0.330 e. The van der Waals surface area contributed by atoms with Crippen molar-refractivity contribution >= 4 is 28.5 Å². The first-order valence-electron chi connectivity index (χ1n) is 14.7. The fourth-order valence-electron chi connectivity index (χ4n) is 5.60. The lowest BCUT2D eigenvalue weighted by atomic mass is 9.79. The van der Waals surface area contributed by atoms with Gasteiger partial charge in [0.2, 0.25) is 0 Å². The zero-order valence-electron chi connectivity index (χ0n) is 26.6. The predicted octanol–water partition coefficient (Wildman–Crippen LogP) is 5.49. The van der Waals surface area contributed by atoms with Crippen LogP contribution in [0.3, 0.4) is 0 Å². The minimum Gasteiger partial charge on any atom is -0.497 e. The Morgan fingerprint density at radius 1 is 0.872 bits per heavy atom. The van der Waals surface area contributed by atoms with Crippen LogP contribution in [0.25, 0.3) is 0 Å². The lowest BCUT2D eigenvalue weighted by Gasteiger charge is -2.40. The van der Waals surface area contributed by atoms with Crippen LogP contribution in [0.1, 0.15) is 22.9 Å². The van der Waals surface area contributed by atoms with E-state index < -0.39 is 47.2 Å². The molecule has 1 saturated heterocycles. The van der Waals surface area contributed by atoms with Gasteiger partial charge in [0.15, 0.2) is 6.23 Å². The van der Waals surface area contributed by atoms with E-state index in [9.17, 15) is 14.2 Å². The van der Waals surface area contributed by atoms with Crippen molar-refractivity contribution in [2.75, 3.05) is 41.2 Å². The van der Waals surface area contributed by atoms with Gasteiger partial charge in [0.05, 0.1) is 20.3 Å². The number of nitrogens with zero attached hydrogens (tertiary/aromatic N) is 2. The van der Waals surface area contributed by atoms with E-state index in [1.807, 2.05) is 78.9 Å². The highest BCUT2D eigenvalue weighted by atomic mass is 35.7. The molecule has 11 nitrogen and oxygen atoms in total. The van der Waals surface area contributed by atoms with Gasteiger partial charge in [-0.05, 0) is 66.3 Å². The second-order valence-electron chi connectivity index (χ2n) is 11.0. The van der Waals surface area contributed by atoms with Crippen LogP contribution in [0, 0.1) is 0 Å². The summed E-state index contributed by atoms with van der Waals surface area (Å²) < 4.78 is 46.9. The number of H-pyrrole nitrogens is 1. The molecule has 1 aromatic heterocycles. The number of aromatic amines is 1. The van der Waals surface area contributed by atoms with Crippen LogP contribution >= 0.6 is 28.5 Å². The number of ether oxygens (including phenoxy) is 5. The molecule has 250 valence electrons. The zero-order valence-corrected chi connectivity index (χ0v) is 29.0. The summed E-state index contributed by atoms with van der Waals surface area (Å²) in [7, 11) is 7.98. The maximum absolute atomic E-state index is 13.2. The summed E-state index contributed by atoms with van der Waals surface area (Å²) in [4.78, 5) is 27.2. The molecule has 1 N–H and O–H groups in total. The highest BCUT2D eigenvalue weighted by molar-refractivity contribution is 8.64. The molecule has 1 fully saturated rings. The number of benzene rings is 3. The second-order valence-corrected chi connectivity index (χ2v) is 17.5. The van der Waals surface area contributed by atoms with Crippen molar-refractivity contribution in [2.45, 2.75) is 30.1 Å². The highest BCUT2D eigenvalue weighted by Gasteiger charge is 2.52. The summed E-state index contributed by atoms with van der Waals surface area (Å²) >= 11 is 7.48. The molecule has 5 rings (SSSR count). The third-order valence-corrected chi connectivity index (χ3v) is 14.0. The zero-order chi connectivity index (χ0) is 33.8. The largest absolute Gasteiger partial charge is 0.497 e. The number of rotatable bonds is 13. The Balaban J connectivity index is 1.72. The molecule has 1 aliphatic heterocycles. The van der Waals surface area contributed by atoms with Crippen molar-refractivity contribution in [3.05, 3.63) is 129 Å². The van der Waals surface area contributed by atoms with E-state index in [2.05, 4.69) is 4.98 Å². The Bertz CT molecular complexity index is 1760. The van der Waals surface area contributed by atoms with E-state index in [0.29, 0.717) is 11.5 Å². The standard InChI is InChI=1S/C33H37ClN3O8PS/c1-36(2)46(34,40)47-21-27-29(30(43-5)31(44-27)37-20-19-28(38)35-32(37)39)45-33(22-9-7-6-8-10-22,23-11-15-25(41-3)16-12-23)24-13-17-26(42-4)18-14-24/h6-20,27,29-31H,21H2,1-5H3,(H,35,38,39)/t27-,29-,30-,31-,46?/m1/s1. The van der Waals surface area contributed by atoms with E-state index in [-0.39, 0.29) is 5.75 Å². The molecule has 14 heteroatoms. The van der Waals surface area contributed by atoms with Crippen LogP contribution in [0.2, 0.25) is 0 Å². The summed E-state index contributed by atoms with van der Waals surface area (Å²) in [6, 6.07) is 26.1. The smallest absolute Gasteiger partial charge is 0.330 e. The molecular formula is C33H37ClN3O8PS. The van der Waals surface area contributed by atoms with E-state index in [1.54, 1.807) is 28.3 Å². The fourth-order valence-corrected chi connectivity index (χ4v) is 8.62. The Hall–Kier alpha value is -3.35. The van der Waals surface area contributed by atoms with E-state index in [4.69, 9.17) is 34.9 Å². The minimum absolute atomic E-state index is 0.133. The van der Waals surface area contributed by atoms with Crippen LogP contribution in [-0.2, 0) is 24.4 Å². The van der Waals surface area contributed by atoms with Gasteiger partial charge in [0.1, 0.15) is 29.3 Å². The van der Waals surface area contributed by atoms with Gasteiger partial charge in [-0.25, -0.2) is 9.46 Å². The third-order valence-electron chi connectivity index (χ3n) is 8.05. The molecule has 0 spiro atoms. The Morgan fingerprint density at radius 3 is 1.91 bits per heavy atom.